The number of nitrogens with one attached hydrogen (secondary N) is 1. The van der Waals surface area contributed by atoms with Gasteiger partial charge in [0.25, 0.3) is 0 Å². The zero-order chi connectivity index (χ0) is 11.2. The van der Waals surface area contributed by atoms with Crippen molar-refractivity contribution in [2.75, 3.05) is 25.9 Å². The molecule has 5 nitrogen and oxygen atoms in total. The van der Waals surface area contributed by atoms with Crippen LogP contribution < -0.4 is 4.72 Å². The maximum Gasteiger partial charge on any atom is 0.219 e. The van der Waals surface area contributed by atoms with Gasteiger partial charge in [-0.3, -0.25) is 4.79 Å². The molecule has 0 radical (unpaired) electrons. The summed E-state index contributed by atoms with van der Waals surface area (Å²) in [5.74, 6) is -0.0258. The summed E-state index contributed by atoms with van der Waals surface area (Å²) >= 11 is 0. The van der Waals surface area contributed by atoms with Gasteiger partial charge in [-0.25, -0.2) is 13.1 Å². The summed E-state index contributed by atoms with van der Waals surface area (Å²) in [6, 6.07) is 0. The molecule has 14 heavy (non-hydrogen) atoms. The maximum atomic E-state index is 11.0. The van der Waals surface area contributed by atoms with Crippen LogP contribution in [-0.2, 0) is 14.8 Å². The van der Waals surface area contributed by atoms with E-state index in [0.29, 0.717) is 13.1 Å². The van der Waals surface area contributed by atoms with Crippen molar-refractivity contribution in [1.29, 1.82) is 0 Å². The average Bonchev–Trinajstić information content (AvgIpc) is 2.00. The molecule has 1 amide bonds. The largest absolute Gasteiger partial charge is 0.342 e. The number of amides is 1. The van der Waals surface area contributed by atoms with E-state index in [0.717, 1.165) is 12.7 Å². The molecule has 84 valence electrons. The number of carbonyl (C=O) groups excluding carboxylic acids is 1. The predicted molar refractivity (Wildman–Crippen MR) is 55.4 cm³/mol. The third-order valence-electron chi connectivity index (χ3n) is 1.68. The molecule has 0 rings (SSSR count). The molecular formula is C8H18N2O3S. The summed E-state index contributed by atoms with van der Waals surface area (Å²) in [5.41, 5.74) is 0. The first-order valence-corrected chi connectivity index (χ1v) is 6.46. The minimum atomic E-state index is -3.15. The fourth-order valence-electron chi connectivity index (χ4n) is 1.06. The van der Waals surface area contributed by atoms with Gasteiger partial charge in [0.05, 0.1) is 6.26 Å². The van der Waals surface area contributed by atoms with Crippen LogP contribution in [0.1, 0.15) is 20.3 Å². The topological polar surface area (TPSA) is 66.5 Å². The van der Waals surface area contributed by atoms with Gasteiger partial charge in [-0.15, -0.1) is 0 Å². The van der Waals surface area contributed by atoms with Crippen molar-refractivity contribution < 1.29 is 13.2 Å². The summed E-state index contributed by atoms with van der Waals surface area (Å²) in [6.07, 6.45) is 1.98. The molecular weight excluding hydrogens is 204 g/mol. The SMILES string of the molecule is CCCN(CCNS(C)(=O)=O)C(C)=O. The van der Waals surface area contributed by atoms with E-state index in [-0.39, 0.29) is 12.5 Å². The van der Waals surface area contributed by atoms with Crippen LogP contribution in [0.3, 0.4) is 0 Å². The number of carbonyl (C=O) groups is 1. The van der Waals surface area contributed by atoms with Gasteiger partial charge in [-0.1, -0.05) is 6.92 Å². The molecule has 1 N–H and O–H groups in total. The van der Waals surface area contributed by atoms with Crippen molar-refractivity contribution in [3.63, 3.8) is 0 Å². The normalized spacial score (nSPS) is 11.4. The summed E-state index contributed by atoms with van der Waals surface area (Å²) < 4.78 is 23.8. The predicted octanol–water partition coefficient (Wildman–Crippen LogP) is -0.206. The number of nitrogens with zero attached hydrogens (tertiary/aromatic N) is 1. The van der Waals surface area contributed by atoms with Crippen LogP contribution in [0.25, 0.3) is 0 Å². The van der Waals surface area contributed by atoms with E-state index in [4.69, 9.17) is 0 Å². The number of hydrogen-bond donors (Lipinski definition) is 1. The minimum Gasteiger partial charge on any atom is -0.342 e. The van der Waals surface area contributed by atoms with Crippen LogP contribution in [0.5, 0.6) is 0 Å². The van der Waals surface area contributed by atoms with E-state index in [1.165, 1.54) is 6.92 Å². The number of hydrogen-bond acceptors (Lipinski definition) is 3. The summed E-state index contributed by atoms with van der Waals surface area (Å²) in [7, 11) is -3.15. The minimum absolute atomic E-state index is 0.0258. The van der Waals surface area contributed by atoms with Gasteiger partial charge in [0, 0.05) is 26.6 Å². The first kappa shape index (κ1) is 13.4. The first-order chi connectivity index (χ1) is 6.37. The number of rotatable bonds is 6. The molecule has 0 saturated carbocycles. The van der Waals surface area contributed by atoms with Crippen LogP contribution in [0.2, 0.25) is 0 Å². The third kappa shape index (κ3) is 6.85. The van der Waals surface area contributed by atoms with E-state index < -0.39 is 10.0 Å². The van der Waals surface area contributed by atoms with Crippen molar-refractivity contribution in [1.82, 2.24) is 9.62 Å². The molecule has 0 bridgehead atoms. The molecule has 0 saturated heterocycles. The van der Waals surface area contributed by atoms with E-state index in [2.05, 4.69) is 4.72 Å². The Kier molecular flexibility index (Phi) is 5.71. The molecule has 0 aromatic heterocycles. The Balaban J connectivity index is 3.89. The standard InChI is InChI=1S/C8H18N2O3S/c1-4-6-10(8(2)11)7-5-9-14(3,12)13/h9H,4-7H2,1-3H3. The highest BCUT2D eigenvalue weighted by Crippen LogP contribution is 1.91. The van der Waals surface area contributed by atoms with E-state index in [1.807, 2.05) is 6.92 Å². The van der Waals surface area contributed by atoms with Gasteiger partial charge in [0.1, 0.15) is 0 Å². The molecule has 0 atom stereocenters. The Morgan fingerprint density at radius 3 is 2.29 bits per heavy atom. The van der Waals surface area contributed by atoms with Crippen LogP contribution >= 0.6 is 0 Å². The van der Waals surface area contributed by atoms with Gasteiger partial charge in [0.15, 0.2) is 0 Å². The molecule has 0 aromatic rings. The second-order valence-corrected chi connectivity index (χ2v) is 5.01. The van der Waals surface area contributed by atoms with Gasteiger partial charge >= 0.3 is 0 Å². The van der Waals surface area contributed by atoms with Crippen LogP contribution in [-0.4, -0.2) is 45.1 Å². The highest BCUT2D eigenvalue weighted by molar-refractivity contribution is 7.88. The fourth-order valence-corrected chi connectivity index (χ4v) is 1.52. The van der Waals surface area contributed by atoms with Crippen molar-refractivity contribution in [2.24, 2.45) is 0 Å². The second kappa shape index (κ2) is 5.98. The van der Waals surface area contributed by atoms with Crippen LogP contribution in [0.15, 0.2) is 0 Å². The van der Waals surface area contributed by atoms with Gasteiger partial charge < -0.3 is 4.90 Å². The van der Waals surface area contributed by atoms with Crippen molar-refractivity contribution in [2.45, 2.75) is 20.3 Å². The Labute approximate surface area is 85.5 Å². The molecule has 0 fully saturated rings. The lowest BCUT2D eigenvalue weighted by atomic mass is 10.4. The Morgan fingerprint density at radius 2 is 1.93 bits per heavy atom. The Bertz CT molecular complexity index is 274. The zero-order valence-electron chi connectivity index (χ0n) is 8.91. The Hall–Kier alpha value is -0.620. The average molecular weight is 222 g/mol. The Morgan fingerprint density at radius 1 is 1.36 bits per heavy atom. The molecule has 0 unspecified atom stereocenters. The molecule has 0 aliphatic rings. The van der Waals surface area contributed by atoms with E-state index in [1.54, 1.807) is 4.90 Å². The zero-order valence-corrected chi connectivity index (χ0v) is 9.73. The highest BCUT2D eigenvalue weighted by Gasteiger charge is 2.07. The summed E-state index contributed by atoms with van der Waals surface area (Å²) in [6.45, 7) is 4.82. The van der Waals surface area contributed by atoms with Gasteiger partial charge in [0.2, 0.25) is 15.9 Å². The lowest BCUT2D eigenvalue weighted by Crippen LogP contribution is -2.37. The molecule has 0 aliphatic heterocycles. The van der Waals surface area contributed by atoms with Crippen LogP contribution in [0, 0.1) is 0 Å². The first-order valence-electron chi connectivity index (χ1n) is 4.57. The van der Waals surface area contributed by atoms with Gasteiger partial charge in [-0.05, 0) is 6.42 Å². The molecule has 0 heterocycles. The number of sulfonamides is 1. The van der Waals surface area contributed by atoms with E-state index in [9.17, 15) is 13.2 Å². The van der Waals surface area contributed by atoms with Gasteiger partial charge in [-0.2, -0.15) is 0 Å². The highest BCUT2D eigenvalue weighted by atomic mass is 32.2. The molecule has 0 aromatic carbocycles. The lowest BCUT2D eigenvalue weighted by Gasteiger charge is -2.19. The molecule has 0 spiro atoms. The monoisotopic (exact) mass is 222 g/mol. The van der Waals surface area contributed by atoms with Crippen molar-refractivity contribution >= 4 is 15.9 Å². The molecule has 0 aliphatic carbocycles. The van der Waals surface area contributed by atoms with Crippen LogP contribution in [0.4, 0.5) is 0 Å². The summed E-state index contributed by atoms with van der Waals surface area (Å²) in [5, 5.41) is 0. The lowest BCUT2D eigenvalue weighted by molar-refractivity contribution is -0.128. The second-order valence-electron chi connectivity index (χ2n) is 3.17. The smallest absolute Gasteiger partial charge is 0.219 e. The van der Waals surface area contributed by atoms with Crippen molar-refractivity contribution in [3.05, 3.63) is 0 Å². The fraction of sp³-hybridized carbons (Fsp3) is 0.875. The quantitative estimate of drug-likeness (QED) is 0.676. The maximum absolute atomic E-state index is 11.0. The summed E-state index contributed by atoms with van der Waals surface area (Å²) in [4.78, 5) is 12.7. The third-order valence-corrected chi connectivity index (χ3v) is 2.41. The van der Waals surface area contributed by atoms with Crippen molar-refractivity contribution in [3.8, 4) is 0 Å². The van der Waals surface area contributed by atoms with E-state index >= 15 is 0 Å². The molecule has 6 heteroatoms.